The number of primary amides is 1. The van der Waals surface area contributed by atoms with Gasteiger partial charge in [-0.05, 0) is 6.92 Å². The summed E-state index contributed by atoms with van der Waals surface area (Å²) in [6.45, 7) is 1.80. The van der Waals surface area contributed by atoms with Crippen LogP contribution in [-0.2, 0) is 0 Å². The molecule has 0 spiro atoms. The molecule has 2 heterocycles. The zero-order valence-electron chi connectivity index (χ0n) is 7.06. The maximum atomic E-state index is 10.9. The van der Waals surface area contributed by atoms with Gasteiger partial charge in [0.25, 0.3) is 5.91 Å². The number of fused-ring (bicyclic) bond motifs is 1. The lowest BCUT2D eigenvalue weighted by Gasteiger charge is -1.92. The Balaban J connectivity index is 2.85. The minimum atomic E-state index is -0.529. The van der Waals surface area contributed by atoms with Crippen molar-refractivity contribution in [1.82, 2.24) is 14.4 Å². The average molecular weight is 176 g/mol. The number of carbonyl (C=O) groups excluding carboxylic acids is 1. The van der Waals surface area contributed by atoms with Gasteiger partial charge in [-0.1, -0.05) is 0 Å². The fourth-order valence-corrected chi connectivity index (χ4v) is 1.27. The van der Waals surface area contributed by atoms with Crippen molar-refractivity contribution in [3.63, 3.8) is 0 Å². The Bertz CT molecular complexity index is 474. The molecular weight excluding hydrogens is 168 g/mol. The highest BCUT2D eigenvalue weighted by Gasteiger charge is 2.11. The fourth-order valence-electron chi connectivity index (χ4n) is 1.27. The van der Waals surface area contributed by atoms with E-state index in [4.69, 9.17) is 5.73 Å². The first kappa shape index (κ1) is 7.72. The summed E-state index contributed by atoms with van der Waals surface area (Å²) in [5, 5.41) is 0. The van der Waals surface area contributed by atoms with E-state index in [1.54, 1.807) is 29.9 Å². The molecule has 0 bridgehead atoms. The van der Waals surface area contributed by atoms with E-state index in [1.807, 2.05) is 0 Å². The number of hydrogen-bond acceptors (Lipinski definition) is 3. The molecular formula is C8H8N4O. The Morgan fingerprint density at radius 3 is 3.08 bits per heavy atom. The highest BCUT2D eigenvalue weighted by molar-refractivity contribution is 5.97. The van der Waals surface area contributed by atoms with Crippen molar-refractivity contribution in [2.75, 3.05) is 0 Å². The van der Waals surface area contributed by atoms with E-state index in [9.17, 15) is 4.79 Å². The Hall–Kier alpha value is -1.91. The first-order valence-corrected chi connectivity index (χ1v) is 3.78. The van der Waals surface area contributed by atoms with Crippen LogP contribution in [0.4, 0.5) is 0 Å². The third-order valence-electron chi connectivity index (χ3n) is 1.86. The van der Waals surface area contributed by atoms with E-state index >= 15 is 0 Å². The minimum absolute atomic E-state index is 0.269. The second kappa shape index (κ2) is 2.55. The Kier molecular flexibility index (Phi) is 1.51. The van der Waals surface area contributed by atoms with E-state index in [0.29, 0.717) is 5.52 Å². The molecule has 0 saturated carbocycles. The van der Waals surface area contributed by atoms with Gasteiger partial charge in [-0.2, -0.15) is 0 Å². The molecule has 5 nitrogen and oxygen atoms in total. The summed E-state index contributed by atoms with van der Waals surface area (Å²) in [5.74, 6) is 0.199. The van der Waals surface area contributed by atoms with Gasteiger partial charge in [0.15, 0.2) is 5.69 Å². The van der Waals surface area contributed by atoms with Gasteiger partial charge >= 0.3 is 0 Å². The molecule has 0 fully saturated rings. The standard InChI is InChI=1S/C8H8N4O/c1-5-11-7(8(9)13)6-4-10-2-3-12(5)6/h2-4H,1H3,(H2,9,13). The number of nitrogens with two attached hydrogens (primary N) is 1. The van der Waals surface area contributed by atoms with Crippen molar-refractivity contribution in [2.24, 2.45) is 5.73 Å². The van der Waals surface area contributed by atoms with Crippen molar-refractivity contribution in [3.8, 4) is 0 Å². The number of carbonyl (C=O) groups is 1. The fraction of sp³-hybridized carbons (Fsp3) is 0.125. The van der Waals surface area contributed by atoms with E-state index in [0.717, 1.165) is 5.82 Å². The van der Waals surface area contributed by atoms with Gasteiger partial charge in [-0.25, -0.2) is 4.98 Å². The van der Waals surface area contributed by atoms with Crippen LogP contribution in [0.2, 0.25) is 0 Å². The summed E-state index contributed by atoms with van der Waals surface area (Å²) in [4.78, 5) is 18.9. The van der Waals surface area contributed by atoms with Gasteiger partial charge < -0.3 is 10.1 Å². The van der Waals surface area contributed by atoms with Gasteiger partial charge in [-0.3, -0.25) is 9.78 Å². The zero-order valence-corrected chi connectivity index (χ0v) is 7.06. The van der Waals surface area contributed by atoms with Crippen LogP contribution >= 0.6 is 0 Å². The molecule has 0 saturated heterocycles. The van der Waals surface area contributed by atoms with E-state index in [2.05, 4.69) is 9.97 Å². The maximum Gasteiger partial charge on any atom is 0.269 e. The summed E-state index contributed by atoms with van der Waals surface area (Å²) in [5.41, 5.74) is 6.07. The Morgan fingerprint density at radius 1 is 1.62 bits per heavy atom. The van der Waals surface area contributed by atoms with Crippen molar-refractivity contribution >= 4 is 11.4 Å². The predicted molar refractivity (Wildman–Crippen MR) is 46.2 cm³/mol. The van der Waals surface area contributed by atoms with Crippen LogP contribution in [0, 0.1) is 6.92 Å². The van der Waals surface area contributed by atoms with E-state index < -0.39 is 5.91 Å². The summed E-state index contributed by atoms with van der Waals surface area (Å²) in [6.07, 6.45) is 4.94. The van der Waals surface area contributed by atoms with Gasteiger partial charge in [0.2, 0.25) is 0 Å². The molecule has 2 N–H and O–H groups in total. The van der Waals surface area contributed by atoms with Gasteiger partial charge in [0.05, 0.1) is 11.7 Å². The summed E-state index contributed by atoms with van der Waals surface area (Å²) in [7, 11) is 0. The molecule has 2 aromatic rings. The lowest BCUT2D eigenvalue weighted by molar-refractivity contribution is 0.0997. The topological polar surface area (TPSA) is 73.3 Å². The average Bonchev–Trinajstić information content (AvgIpc) is 2.45. The van der Waals surface area contributed by atoms with E-state index in [1.165, 1.54) is 0 Å². The van der Waals surface area contributed by atoms with Gasteiger partial charge in [0, 0.05) is 12.4 Å². The largest absolute Gasteiger partial charge is 0.364 e. The number of hydrogen-bond donors (Lipinski definition) is 1. The van der Waals surface area contributed by atoms with Crippen LogP contribution in [0.25, 0.3) is 5.52 Å². The molecule has 0 aromatic carbocycles. The number of nitrogens with zero attached hydrogens (tertiary/aromatic N) is 3. The molecule has 13 heavy (non-hydrogen) atoms. The Morgan fingerprint density at radius 2 is 2.38 bits per heavy atom. The number of aromatic nitrogens is 3. The van der Waals surface area contributed by atoms with Crippen LogP contribution in [0.15, 0.2) is 18.6 Å². The third kappa shape index (κ3) is 1.05. The van der Waals surface area contributed by atoms with Crippen molar-refractivity contribution < 1.29 is 4.79 Å². The highest BCUT2D eigenvalue weighted by atomic mass is 16.1. The monoisotopic (exact) mass is 176 g/mol. The molecule has 0 aliphatic heterocycles. The summed E-state index contributed by atoms with van der Waals surface area (Å²) in [6, 6.07) is 0. The lowest BCUT2D eigenvalue weighted by atomic mass is 10.4. The molecule has 1 amide bonds. The Labute approximate surface area is 74.2 Å². The van der Waals surface area contributed by atoms with Crippen LogP contribution in [0.1, 0.15) is 16.3 Å². The minimum Gasteiger partial charge on any atom is -0.364 e. The van der Waals surface area contributed by atoms with Crippen molar-refractivity contribution in [3.05, 3.63) is 30.1 Å². The van der Waals surface area contributed by atoms with Crippen LogP contribution in [-0.4, -0.2) is 20.3 Å². The maximum absolute atomic E-state index is 10.9. The molecule has 0 aliphatic rings. The second-order valence-electron chi connectivity index (χ2n) is 2.70. The van der Waals surface area contributed by atoms with Gasteiger partial charge in [-0.15, -0.1) is 0 Å². The van der Waals surface area contributed by atoms with Crippen LogP contribution in [0.3, 0.4) is 0 Å². The summed E-state index contributed by atoms with van der Waals surface area (Å²) < 4.78 is 1.77. The van der Waals surface area contributed by atoms with Crippen molar-refractivity contribution in [2.45, 2.75) is 6.92 Å². The normalized spacial score (nSPS) is 10.5. The number of aryl methyl sites for hydroxylation is 1. The van der Waals surface area contributed by atoms with E-state index in [-0.39, 0.29) is 5.69 Å². The molecule has 0 unspecified atom stereocenters. The highest BCUT2D eigenvalue weighted by Crippen LogP contribution is 2.09. The van der Waals surface area contributed by atoms with Crippen LogP contribution in [0.5, 0.6) is 0 Å². The molecule has 2 aromatic heterocycles. The second-order valence-corrected chi connectivity index (χ2v) is 2.70. The smallest absolute Gasteiger partial charge is 0.269 e. The SMILES string of the molecule is Cc1nc(C(N)=O)c2cnccn12. The quantitative estimate of drug-likeness (QED) is 0.671. The third-order valence-corrected chi connectivity index (χ3v) is 1.86. The summed E-state index contributed by atoms with van der Waals surface area (Å²) >= 11 is 0. The first-order chi connectivity index (χ1) is 6.20. The predicted octanol–water partition coefficient (Wildman–Crippen LogP) is 0.137. The number of amides is 1. The lowest BCUT2D eigenvalue weighted by Crippen LogP contribution is -2.11. The molecule has 0 aliphatic carbocycles. The molecule has 0 radical (unpaired) electrons. The molecule has 0 atom stereocenters. The molecule has 2 rings (SSSR count). The first-order valence-electron chi connectivity index (χ1n) is 3.78. The number of imidazole rings is 1. The molecule has 66 valence electrons. The molecule has 5 heteroatoms. The van der Waals surface area contributed by atoms with Crippen LogP contribution < -0.4 is 5.73 Å². The number of rotatable bonds is 1. The zero-order chi connectivity index (χ0) is 9.42. The van der Waals surface area contributed by atoms with Crippen molar-refractivity contribution in [1.29, 1.82) is 0 Å². The van der Waals surface area contributed by atoms with Gasteiger partial charge in [0.1, 0.15) is 5.82 Å².